The lowest BCUT2D eigenvalue weighted by Crippen LogP contribution is -2.20. The maximum atomic E-state index is 10.7. The number of amides is 1. The van der Waals surface area contributed by atoms with Gasteiger partial charge in [0, 0.05) is 25.4 Å². The predicted molar refractivity (Wildman–Crippen MR) is 41.5 cm³/mol. The Balaban J connectivity index is 3.36. The molecule has 0 saturated carbocycles. The summed E-state index contributed by atoms with van der Waals surface area (Å²) in [6.07, 6.45) is 3.12. The smallest absolute Gasteiger partial charge is 0.245 e. The van der Waals surface area contributed by atoms with Crippen LogP contribution in [0.1, 0.15) is 13.8 Å². The van der Waals surface area contributed by atoms with Crippen LogP contribution in [0.3, 0.4) is 0 Å². The van der Waals surface area contributed by atoms with Gasteiger partial charge in [-0.1, -0.05) is 0 Å². The van der Waals surface area contributed by atoms with Gasteiger partial charge >= 0.3 is 0 Å². The van der Waals surface area contributed by atoms with Crippen LogP contribution < -0.4 is 10.6 Å². The first kappa shape index (κ1) is 9.01. The van der Waals surface area contributed by atoms with Crippen LogP contribution in [0.15, 0.2) is 12.3 Å². The van der Waals surface area contributed by atoms with E-state index in [4.69, 9.17) is 0 Å². The van der Waals surface area contributed by atoms with Crippen molar-refractivity contribution in [1.82, 2.24) is 10.6 Å². The third-order valence-corrected chi connectivity index (χ3v) is 0.908. The molecule has 0 unspecified atom stereocenters. The molecular weight excluding hydrogens is 128 g/mol. The summed E-state index contributed by atoms with van der Waals surface area (Å²) >= 11 is 0. The Labute approximate surface area is 61.5 Å². The van der Waals surface area contributed by atoms with Gasteiger partial charge in [-0.3, -0.25) is 4.79 Å². The molecule has 10 heavy (non-hydrogen) atoms. The van der Waals surface area contributed by atoms with Crippen molar-refractivity contribution in [3.05, 3.63) is 12.3 Å². The monoisotopic (exact) mass is 142 g/mol. The second kappa shape index (κ2) is 6.13. The van der Waals surface area contributed by atoms with E-state index in [1.54, 1.807) is 6.20 Å². The fraction of sp³-hybridized carbons (Fsp3) is 0.571. The Morgan fingerprint density at radius 1 is 1.40 bits per heavy atom. The van der Waals surface area contributed by atoms with E-state index in [9.17, 15) is 4.79 Å². The summed E-state index contributed by atoms with van der Waals surface area (Å²) < 4.78 is 0. The fourth-order valence-corrected chi connectivity index (χ4v) is 0.486. The molecule has 0 saturated heterocycles. The van der Waals surface area contributed by atoms with Crippen molar-refractivity contribution in [2.45, 2.75) is 13.8 Å². The molecule has 0 aromatic carbocycles. The highest BCUT2D eigenvalue weighted by molar-refractivity contribution is 5.87. The molecule has 0 aromatic rings. The van der Waals surface area contributed by atoms with Gasteiger partial charge in [-0.05, 0) is 13.8 Å². The van der Waals surface area contributed by atoms with E-state index in [2.05, 4.69) is 10.6 Å². The molecular formula is C7H14N2O. The molecule has 2 N–H and O–H groups in total. The van der Waals surface area contributed by atoms with E-state index in [1.165, 1.54) is 6.08 Å². The molecule has 3 nitrogen and oxygen atoms in total. The summed E-state index contributed by atoms with van der Waals surface area (Å²) in [5.74, 6) is -0.0524. The molecule has 0 heterocycles. The second-order valence-electron chi connectivity index (χ2n) is 1.79. The number of hydrogen-bond donors (Lipinski definition) is 2. The van der Waals surface area contributed by atoms with Crippen LogP contribution >= 0.6 is 0 Å². The lowest BCUT2D eigenvalue weighted by atomic mass is 10.5. The van der Waals surface area contributed by atoms with Crippen LogP contribution in [-0.4, -0.2) is 19.0 Å². The van der Waals surface area contributed by atoms with Crippen molar-refractivity contribution in [3.63, 3.8) is 0 Å². The lowest BCUT2D eigenvalue weighted by Gasteiger charge is -1.94. The number of nitrogens with one attached hydrogen (secondary N) is 2. The van der Waals surface area contributed by atoms with Gasteiger partial charge in [-0.25, -0.2) is 0 Å². The van der Waals surface area contributed by atoms with Gasteiger partial charge in [0.2, 0.25) is 5.91 Å². The number of carbonyl (C=O) groups excluding carboxylic acids is 1. The van der Waals surface area contributed by atoms with Gasteiger partial charge < -0.3 is 10.6 Å². The van der Waals surface area contributed by atoms with E-state index >= 15 is 0 Å². The minimum atomic E-state index is -0.0524. The minimum absolute atomic E-state index is 0.0524. The number of carbonyl (C=O) groups is 1. The molecule has 0 atom stereocenters. The highest BCUT2D eigenvalue weighted by Gasteiger charge is 1.87. The van der Waals surface area contributed by atoms with Gasteiger partial charge in [0.15, 0.2) is 0 Å². The zero-order valence-corrected chi connectivity index (χ0v) is 6.48. The topological polar surface area (TPSA) is 41.1 Å². The minimum Gasteiger partial charge on any atom is -0.391 e. The van der Waals surface area contributed by atoms with E-state index in [1.807, 2.05) is 13.8 Å². The van der Waals surface area contributed by atoms with E-state index in [0.717, 1.165) is 6.54 Å². The van der Waals surface area contributed by atoms with Gasteiger partial charge in [0.05, 0.1) is 0 Å². The van der Waals surface area contributed by atoms with Gasteiger partial charge in [-0.2, -0.15) is 0 Å². The van der Waals surface area contributed by atoms with Crippen LogP contribution in [0.25, 0.3) is 0 Å². The first-order valence-electron chi connectivity index (χ1n) is 3.49. The van der Waals surface area contributed by atoms with Gasteiger partial charge in [0.1, 0.15) is 0 Å². The lowest BCUT2D eigenvalue weighted by molar-refractivity contribution is -0.116. The maximum Gasteiger partial charge on any atom is 0.245 e. The highest BCUT2D eigenvalue weighted by Crippen LogP contribution is 1.68. The van der Waals surface area contributed by atoms with Crippen molar-refractivity contribution >= 4 is 5.91 Å². The van der Waals surface area contributed by atoms with Crippen molar-refractivity contribution < 1.29 is 4.79 Å². The molecule has 58 valence electrons. The zero-order chi connectivity index (χ0) is 7.82. The van der Waals surface area contributed by atoms with Crippen LogP contribution in [0.5, 0.6) is 0 Å². The average molecular weight is 142 g/mol. The van der Waals surface area contributed by atoms with Crippen molar-refractivity contribution in [2.24, 2.45) is 0 Å². The van der Waals surface area contributed by atoms with Gasteiger partial charge in [0.25, 0.3) is 0 Å². The molecule has 0 aromatic heterocycles. The molecule has 0 spiro atoms. The van der Waals surface area contributed by atoms with Crippen LogP contribution in [0.2, 0.25) is 0 Å². The Morgan fingerprint density at radius 2 is 2.10 bits per heavy atom. The van der Waals surface area contributed by atoms with Crippen LogP contribution in [0.4, 0.5) is 0 Å². The number of rotatable bonds is 4. The summed E-state index contributed by atoms with van der Waals surface area (Å²) in [6, 6.07) is 0. The molecule has 0 aliphatic rings. The van der Waals surface area contributed by atoms with Crippen molar-refractivity contribution in [2.75, 3.05) is 13.1 Å². The predicted octanol–water partition coefficient (Wildman–Crippen LogP) is 0.246. The average Bonchev–Trinajstić information content (AvgIpc) is 1.89. The van der Waals surface area contributed by atoms with E-state index < -0.39 is 0 Å². The molecule has 1 amide bonds. The van der Waals surface area contributed by atoms with Crippen LogP contribution in [0, 0.1) is 0 Å². The third-order valence-electron chi connectivity index (χ3n) is 0.908. The number of hydrogen-bond acceptors (Lipinski definition) is 2. The summed E-state index contributed by atoms with van der Waals surface area (Å²) in [6.45, 7) is 5.38. The zero-order valence-electron chi connectivity index (χ0n) is 6.48. The molecule has 3 heteroatoms. The van der Waals surface area contributed by atoms with E-state index in [0.29, 0.717) is 6.54 Å². The number of likely N-dealkylation sites (N-methyl/N-ethyl adjacent to an activating group) is 1. The molecule has 0 fully saturated rings. The Bertz CT molecular complexity index is 121. The van der Waals surface area contributed by atoms with Crippen molar-refractivity contribution in [3.8, 4) is 0 Å². The SMILES string of the molecule is CCNC=CC(=O)NCC. The van der Waals surface area contributed by atoms with Crippen molar-refractivity contribution in [1.29, 1.82) is 0 Å². The first-order chi connectivity index (χ1) is 4.81. The third kappa shape index (κ3) is 5.15. The Kier molecular flexibility index (Phi) is 5.53. The van der Waals surface area contributed by atoms with Gasteiger partial charge in [-0.15, -0.1) is 0 Å². The first-order valence-corrected chi connectivity index (χ1v) is 3.49. The van der Waals surface area contributed by atoms with Crippen LogP contribution in [-0.2, 0) is 4.79 Å². The Morgan fingerprint density at radius 3 is 2.60 bits per heavy atom. The molecule has 0 radical (unpaired) electrons. The molecule has 0 bridgehead atoms. The standard InChI is InChI=1S/C7H14N2O/c1-3-8-6-5-7(10)9-4-2/h5-6,8H,3-4H2,1-2H3,(H,9,10). The fourth-order valence-electron chi connectivity index (χ4n) is 0.486. The summed E-state index contributed by atoms with van der Waals surface area (Å²) in [5, 5.41) is 5.53. The summed E-state index contributed by atoms with van der Waals surface area (Å²) in [7, 11) is 0. The van der Waals surface area contributed by atoms with E-state index in [-0.39, 0.29) is 5.91 Å². The highest BCUT2D eigenvalue weighted by atomic mass is 16.1. The maximum absolute atomic E-state index is 10.7. The largest absolute Gasteiger partial charge is 0.391 e. The quantitative estimate of drug-likeness (QED) is 0.552. The normalized spacial score (nSPS) is 9.80. The second-order valence-corrected chi connectivity index (χ2v) is 1.79. The molecule has 0 aliphatic carbocycles. The summed E-state index contributed by atoms with van der Waals surface area (Å²) in [4.78, 5) is 10.7. The summed E-state index contributed by atoms with van der Waals surface area (Å²) in [5.41, 5.74) is 0. The molecule has 0 rings (SSSR count). The molecule has 0 aliphatic heterocycles. The Hall–Kier alpha value is -0.990.